The molecule has 0 amide bonds. The first-order chi connectivity index (χ1) is 7.63. The van der Waals surface area contributed by atoms with E-state index in [9.17, 15) is 0 Å². The van der Waals surface area contributed by atoms with Gasteiger partial charge in [-0.25, -0.2) is 4.98 Å². The summed E-state index contributed by atoms with van der Waals surface area (Å²) in [5, 5.41) is 1.23. The molecule has 0 saturated heterocycles. The first-order valence-corrected chi connectivity index (χ1v) is 7.16. The zero-order chi connectivity index (χ0) is 12.0. The summed E-state index contributed by atoms with van der Waals surface area (Å²) in [5.41, 5.74) is 1.18. The Morgan fingerprint density at radius 1 is 1.25 bits per heavy atom. The SMILES string of the molecule is Cc1nc(CN(C)CCCCCCl)sc1C. The maximum atomic E-state index is 5.64. The van der Waals surface area contributed by atoms with Crippen LogP contribution in [0.3, 0.4) is 0 Å². The van der Waals surface area contributed by atoms with Crippen molar-refractivity contribution in [2.24, 2.45) is 0 Å². The summed E-state index contributed by atoms with van der Waals surface area (Å²) in [7, 11) is 2.16. The number of thiazole rings is 1. The standard InChI is InChI=1S/C12H21ClN2S/c1-10-11(2)16-12(14-10)9-15(3)8-6-4-5-7-13/h4-9H2,1-3H3. The van der Waals surface area contributed by atoms with Crippen LogP contribution in [0.4, 0.5) is 0 Å². The molecule has 2 nitrogen and oxygen atoms in total. The number of hydrogen-bond donors (Lipinski definition) is 0. The van der Waals surface area contributed by atoms with Gasteiger partial charge in [-0.3, -0.25) is 4.90 Å². The number of halogens is 1. The molecular formula is C12H21ClN2S. The molecule has 1 rings (SSSR count). The second kappa shape index (κ2) is 7.25. The lowest BCUT2D eigenvalue weighted by Crippen LogP contribution is -2.18. The Kier molecular flexibility index (Phi) is 6.32. The predicted molar refractivity (Wildman–Crippen MR) is 72.5 cm³/mol. The molecule has 0 aliphatic rings. The van der Waals surface area contributed by atoms with Crippen molar-refractivity contribution in [3.05, 3.63) is 15.6 Å². The maximum absolute atomic E-state index is 5.64. The van der Waals surface area contributed by atoms with Crippen LogP contribution in [0.5, 0.6) is 0 Å². The van der Waals surface area contributed by atoms with Gasteiger partial charge in [-0.1, -0.05) is 6.42 Å². The Bertz CT molecular complexity index is 292. The molecule has 4 heteroatoms. The van der Waals surface area contributed by atoms with Crippen LogP contribution in [0.2, 0.25) is 0 Å². The lowest BCUT2D eigenvalue weighted by atomic mass is 10.2. The van der Waals surface area contributed by atoms with Gasteiger partial charge in [0, 0.05) is 10.8 Å². The molecule has 0 aromatic carbocycles. The molecule has 0 N–H and O–H groups in total. The molecule has 1 aromatic heterocycles. The normalized spacial score (nSPS) is 11.3. The summed E-state index contributed by atoms with van der Waals surface area (Å²) in [6, 6.07) is 0. The minimum Gasteiger partial charge on any atom is -0.300 e. The van der Waals surface area contributed by atoms with Crippen molar-refractivity contribution in [1.29, 1.82) is 0 Å². The fourth-order valence-corrected chi connectivity index (χ4v) is 2.77. The van der Waals surface area contributed by atoms with Gasteiger partial charge in [0.1, 0.15) is 5.01 Å². The van der Waals surface area contributed by atoms with Crippen molar-refractivity contribution in [2.45, 2.75) is 39.7 Å². The van der Waals surface area contributed by atoms with E-state index in [1.165, 1.54) is 28.4 Å². The predicted octanol–water partition coefficient (Wildman–Crippen LogP) is 3.60. The fraction of sp³-hybridized carbons (Fsp3) is 0.750. The van der Waals surface area contributed by atoms with Gasteiger partial charge in [0.25, 0.3) is 0 Å². The van der Waals surface area contributed by atoms with Crippen LogP contribution in [-0.4, -0.2) is 29.4 Å². The largest absolute Gasteiger partial charge is 0.300 e. The quantitative estimate of drug-likeness (QED) is 0.550. The molecule has 0 aliphatic heterocycles. The van der Waals surface area contributed by atoms with Gasteiger partial charge in [0.05, 0.1) is 12.2 Å². The summed E-state index contributed by atoms with van der Waals surface area (Å²) in [6.45, 7) is 6.32. The number of nitrogens with zero attached hydrogens (tertiary/aromatic N) is 2. The summed E-state index contributed by atoms with van der Waals surface area (Å²) in [5.74, 6) is 0.786. The molecule has 0 saturated carbocycles. The van der Waals surface area contributed by atoms with E-state index in [0.717, 1.165) is 25.4 Å². The summed E-state index contributed by atoms with van der Waals surface area (Å²) in [4.78, 5) is 8.23. The van der Waals surface area contributed by atoms with Crippen molar-refractivity contribution >= 4 is 22.9 Å². The Morgan fingerprint density at radius 2 is 2.00 bits per heavy atom. The molecule has 1 aromatic rings. The van der Waals surface area contributed by atoms with Crippen LogP contribution >= 0.6 is 22.9 Å². The zero-order valence-electron chi connectivity index (χ0n) is 10.4. The lowest BCUT2D eigenvalue weighted by Gasteiger charge is -2.14. The van der Waals surface area contributed by atoms with E-state index in [4.69, 9.17) is 11.6 Å². The number of alkyl halides is 1. The van der Waals surface area contributed by atoms with Crippen LogP contribution in [0.15, 0.2) is 0 Å². The van der Waals surface area contributed by atoms with Crippen molar-refractivity contribution in [3.8, 4) is 0 Å². The first-order valence-electron chi connectivity index (χ1n) is 5.81. The highest BCUT2D eigenvalue weighted by Gasteiger charge is 2.06. The molecule has 0 aliphatic carbocycles. The Morgan fingerprint density at radius 3 is 2.56 bits per heavy atom. The Labute approximate surface area is 108 Å². The monoisotopic (exact) mass is 260 g/mol. The van der Waals surface area contributed by atoms with Gasteiger partial charge in [-0.2, -0.15) is 0 Å². The smallest absolute Gasteiger partial charge is 0.107 e. The van der Waals surface area contributed by atoms with Crippen molar-refractivity contribution in [1.82, 2.24) is 9.88 Å². The maximum Gasteiger partial charge on any atom is 0.107 e. The number of aryl methyl sites for hydroxylation is 2. The minimum absolute atomic E-state index is 0.786. The average Bonchev–Trinajstić information content (AvgIpc) is 2.53. The Hall–Kier alpha value is -0.120. The fourth-order valence-electron chi connectivity index (χ4n) is 1.57. The molecule has 0 radical (unpaired) electrons. The van der Waals surface area contributed by atoms with Crippen LogP contribution in [0, 0.1) is 13.8 Å². The molecular weight excluding hydrogens is 240 g/mol. The number of hydrogen-bond acceptors (Lipinski definition) is 3. The highest BCUT2D eigenvalue weighted by molar-refractivity contribution is 7.11. The molecule has 0 fully saturated rings. The average molecular weight is 261 g/mol. The minimum atomic E-state index is 0.786. The zero-order valence-corrected chi connectivity index (χ0v) is 12.0. The van der Waals surface area contributed by atoms with Crippen LogP contribution in [-0.2, 0) is 6.54 Å². The Balaban J connectivity index is 2.25. The van der Waals surface area contributed by atoms with Crippen LogP contribution in [0.25, 0.3) is 0 Å². The van der Waals surface area contributed by atoms with E-state index in [2.05, 4.69) is 30.8 Å². The molecule has 92 valence electrons. The molecule has 0 unspecified atom stereocenters. The van der Waals surface area contributed by atoms with E-state index < -0.39 is 0 Å². The van der Waals surface area contributed by atoms with Crippen molar-refractivity contribution in [2.75, 3.05) is 19.5 Å². The third kappa shape index (κ3) is 4.81. The van der Waals surface area contributed by atoms with E-state index in [-0.39, 0.29) is 0 Å². The van der Waals surface area contributed by atoms with Gasteiger partial charge in [-0.15, -0.1) is 22.9 Å². The number of unbranched alkanes of at least 4 members (excludes halogenated alkanes) is 2. The molecule has 16 heavy (non-hydrogen) atoms. The highest BCUT2D eigenvalue weighted by Crippen LogP contribution is 2.17. The lowest BCUT2D eigenvalue weighted by molar-refractivity contribution is 0.317. The van der Waals surface area contributed by atoms with E-state index >= 15 is 0 Å². The molecule has 1 heterocycles. The first kappa shape index (κ1) is 13.9. The van der Waals surface area contributed by atoms with Gasteiger partial charge in [0.15, 0.2) is 0 Å². The molecule has 0 spiro atoms. The van der Waals surface area contributed by atoms with Crippen LogP contribution < -0.4 is 0 Å². The molecule has 0 bridgehead atoms. The van der Waals surface area contributed by atoms with Crippen LogP contribution in [0.1, 0.15) is 34.8 Å². The van der Waals surface area contributed by atoms with Crippen molar-refractivity contribution < 1.29 is 0 Å². The third-order valence-electron chi connectivity index (χ3n) is 2.65. The highest BCUT2D eigenvalue weighted by atomic mass is 35.5. The summed E-state index contributed by atoms with van der Waals surface area (Å²) >= 11 is 7.46. The summed E-state index contributed by atoms with van der Waals surface area (Å²) in [6.07, 6.45) is 3.58. The second-order valence-corrected chi connectivity index (χ2v) is 5.90. The third-order valence-corrected chi connectivity index (χ3v) is 3.98. The topological polar surface area (TPSA) is 16.1 Å². The number of rotatable bonds is 7. The van der Waals surface area contributed by atoms with Crippen molar-refractivity contribution in [3.63, 3.8) is 0 Å². The van der Waals surface area contributed by atoms with Gasteiger partial charge < -0.3 is 0 Å². The van der Waals surface area contributed by atoms with E-state index in [1.807, 2.05) is 11.3 Å². The van der Waals surface area contributed by atoms with Gasteiger partial charge in [-0.05, 0) is 40.3 Å². The van der Waals surface area contributed by atoms with E-state index in [1.54, 1.807) is 0 Å². The molecule has 0 atom stereocenters. The number of aromatic nitrogens is 1. The second-order valence-electron chi connectivity index (χ2n) is 4.24. The summed E-state index contributed by atoms with van der Waals surface area (Å²) < 4.78 is 0. The van der Waals surface area contributed by atoms with E-state index in [0.29, 0.717) is 0 Å². The van der Waals surface area contributed by atoms with Gasteiger partial charge in [0.2, 0.25) is 0 Å². The van der Waals surface area contributed by atoms with Gasteiger partial charge >= 0.3 is 0 Å².